The summed E-state index contributed by atoms with van der Waals surface area (Å²) in [4.78, 5) is 16.9. The zero-order chi connectivity index (χ0) is 15.9. The average molecular weight is 317 g/mol. The van der Waals surface area contributed by atoms with Crippen LogP contribution in [0.3, 0.4) is 0 Å². The Morgan fingerprint density at radius 1 is 1.04 bits per heavy atom. The maximum Gasteiger partial charge on any atom is 0.251 e. The Hall–Kier alpha value is -1.59. The van der Waals surface area contributed by atoms with E-state index in [2.05, 4.69) is 15.1 Å². The number of anilines is 1. The number of nitrogens with zero attached hydrogens (tertiary/aromatic N) is 2. The van der Waals surface area contributed by atoms with Gasteiger partial charge in [-0.15, -0.1) is 0 Å². The van der Waals surface area contributed by atoms with E-state index in [-0.39, 0.29) is 5.91 Å². The highest BCUT2D eigenvalue weighted by atomic mass is 16.5. The summed E-state index contributed by atoms with van der Waals surface area (Å²) in [5.74, 6) is 0.0277. The van der Waals surface area contributed by atoms with Gasteiger partial charge in [0.15, 0.2) is 0 Å². The van der Waals surface area contributed by atoms with Crippen molar-refractivity contribution in [2.75, 3.05) is 57.4 Å². The van der Waals surface area contributed by atoms with E-state index in [9.17, 15) is 4.79 Å². The van der Waals surface area contributed by atoms with Crippen LogP contribution in [0.15, 0.2) is 24.3 Å². The highest BCUT2D eigenvalue weighted by molar-refractivity contribution is 5.94. The molecule has 5 nitrogen and oxygen atoms in total. The Labute approximate surface area is 138 Å². The molecule has 0 bridgehead atoms. The van der Waals surface area contributed by atoms with Gasteiger partial charge in [-0.2, -0.15) is 0 Å². The molecule has 0 radical (unpaired) electrons. The summed E-state index contributed by atoms with van der Waals surface area (Å²) in [5, 5.41) is 3.02. The SMILES string of the molecule is O=C(NCCCN1CCCC1)c1ccc(N2CCOCC2)cc1. The van der Waals surface area contributed by atoms with Crippen molar-refractivity contribution in [3.05, 3.63) is 29.8 Å². The van der Waals surface area contributed by atoms with Crippen molar-refractivity contribution in [1.82, 2.24) is 10.2 Å². The Balaban J connectivity index is 1.41. The second-order valence-corrected chi connectivity index (χ2v) is 6.30. The van der Waals surface area contributed by atoms with Crippen LogP contribution in [0, 0.1) is 0 Å². The standard InChI is InChI=1S/C18H27N3O2/c22-18(19-8-3-11-20-9-1-2-10-20)16-4-6-17(7-5-16)21-12-14-23-15-13-21/h4-7H,1-3,8-15H2,(H,19,22). The van der Waals surface area contributed by atoms with E-state index < -0.39 is 0 Å². The highest BCUT2D eigenvalue weighted by Gasteiger charge is 2.13. The quantitative estimate of drug-likeness (QED) is 0.812. The average Bonchev–Trinajstić information content (AvgIpc) is 3.13. The molecule has 1 aromatic carbocycles. The minimum atomic E-state index is 0.0277. The van der Waals surface area contributed by atoms with Crippen molar-refractivity contribution in [2.45, 2.75) is 19.3 Å². The van der Waals surface area contributed by atoms with Crippen molar-refractivity contribution in [3.8, 4) is 0 Å². The van der Waals surface area contributed by atoms with Gasteiger partial charge in [0.05, 0.1) is 13.2 Å². The number of morpholine rings is 1. The lowest BCUT2D eigenvalue weighted by Crippen LogP contribution is -2.36. The molecule has 0 saturated carbocycles. The summed E-state index contributed by atoms with van der Waals surface area (Å²) in [6.07, 6.45) is 3.67. The predicted molar refractivity (Wildman–Crippen MR) is 92.1 cm³/mol. The van der Waals surface area contributed by atoms with Crippen LogP contribution in [-0.2, 0) is 4.74 Å². The number of rotatable bonds is 6. The fourth-order valence-corrected chi connectivity index (χ4v) is 3.26. The molecule has 2 saturated heterocycles. The van der Waals surface area contributed by atoms with Crippen molar-refractivity contribution >= 4 is 11.6 Å². The first-order chi connectivity index (χ1) is 11.3. The number of benzene rings is 1. The van der Waals surface area contributed by atoms with E-state index in [1.165, 1.54) is 31.6 Å². The molecular weight excluding hydrogens is 290 g/mol. The normalized spacial score (nSPS) is 19.0. The van der Waals surface area contributed by atoms with Crippen LogP contribution in [0.1, 0.15) is 29.6 Å². The van der Waals surface area contributed by atoms with Gasteiger partial charge in [0.1, 0.15) is 0 Å². The van der Waals surface area contributed by atoms with Gasteiger partial charge in [0, 0.05) is 30.9 Å². The molecule has 1 amide bonds. The van der Waals surface area contributed by atoms with Crippen molar-refractivity contribution in [3.63, 3.8) is 0 Å². The summed E-state index contributed by atoms with van der Waals surface area (Å²) in [6, 6.07) is 7.90. The van der Waals surface area contributed by atoms with Gasteiger partial charge in [0.2, 0.25) is 0 Å². The van der Waals surface area contributed by atoms with E-state index >= 15 is 0 Å². The third-order valence-electron chi connectivity index (χ3n) is 4.64. The van der Waals surface area contributed by atoms with Crippen molar-refractivity contribution in [2.24, 2.45) is 0 Å². The van der Waals surface area contributed by atoms with Gasteiger partial charge >= 0.3 is 0 Å². The van der Waals surface area contributed by atoms with E-state index in [0.29, 0.717) is 0 Å². The van der Waals surface area contributed by atoms with Crippen molar-refractivity contribution < 1.29 is 9.53 Å². The summed E-state index contributed by atoms with van der Waals surface area (Å²) in [6.45, 7) is 7.67. The fourth-order valence-electron chi connectivity index (χ4n) is 3.26. The van der Waals surface area contributed by atoms with Crippen LogP contribution < -0.4 is 10.2 Å². The fraction of sp³-hybridized carbons (Fsp3) is 0.611. The summed E-state index contributed by atoms with van der Waals surface area (Å²) >= 11 is 0. The second kappa shape index (κ2) is 8.31. The summed E-state index contributed by atoms with van der Waals surface area (Å²) < 4.78 is 5.37. The number of ether oxygens (including phenoxy) is 1. The third-order valence-corrected chi connectivity index (χ3v) is 4.64. The molecule has 2 aliphatic heterocycles. The zero-order valence-corrected chi connectivity index (χ0v) is 13.8. The van der Waals surface area contributed by atoms with Crippen LogP contribution in [0.5, 0.6) is 0 Å². The van der Waals surface area contributed by atoms with Gasteiger partial charge in [-0.05, 0) is 63.2 Å². The summed E-state index contributed by atoms with van der Waals surface area (Å²) in [5.41, 5.74) is 1.90. The van der Waals surface area contributed by atoms with Gasteiger partial charge in [-0.3, -0.25) is 4.79 Å². The zero-order valence-electron chi connectivity index (χ0n) is 13.8. The van der Waals surface area contributed by atoms with Gasteiger partial charge in [-0.1, -0.05) is 0 Å². The molecule has 0 unspecified atom stereocenters. The molecule has 1 N–H and O–H groups in total. The van der Waals surface area contributed by atoms with Gasteiger partial charge in [0.25, 0.3) is 5.91 Å². The Morgan fingerprint density at radius 3 is 2.43 bits per heavy atom. The third kappa shape index (κ3) is 4.69. The molecule has 3 rings (SSSR count). The molecule has 126 valence electrons. The molecule has 2 aliphatic rings. The Bertz CT molecular complexity index is 491. The molecule has 0 aromatic heterocycles. The number of hydrogen-bond donors (Lipinski definition) is 1. The number of amides is 1. The van der Waals surface area contributed by atoms with Crippen LogP contribution in [0.2, 0.25) is 0 Å². The highest BCUT2D eigenvalue weighted by Crippen LogP contribution is 2.16. The van der Waals surface area contributed by atoms with E-state index in [0.717, 1.165) is 51.4 Å². The van der Waals surface area contributed by atoms with Crippen LogP contribution in [-0.4, -0.2) is 63.3 Å². The first kappa shape index (κ1) is 16.3. The number of carbonyl (C=O) groups is 1. The van der Waals surface area contributed by atoms with E-state index in [1.54, 1.807) is 0 Å². The monoisotopic (exact) mass is 317 g/mol. The van der Waals surface area contributed by atoms with Crippen molar-refractivity contribution in [1.29, 1.82) is 0 Å². The molecule has 2 fully saturated rings. The lowest BCUT2D eigenvalue weighted by Gasteiger charge is -2.28. The second-order valence-electron chi connectivity index (χ2n) is 6.30. The summed E-state index contributed by atoms with van der Waals surface area (Å²) in [7, 11) is 0. The maximum atomic E-state index is 12.2. The molecule has 5 heteroatoms. The maximum absolute atomic E-state index is 12.2. The first-order valence-corrected chi connectivity index (χ1v) is 8.76. The molecule has 0 atom stereocenters. The number of hydrogen-bond acceptors (Lipinski definition) is 4. The number of likely N-dealkylation sites (tertiary alicyclic amines) is 1. The Kier molecular flexibility index (Phi) is 5.88. The molecule has 0 aliphatic carbocycles. The molecule has 1 aromatic rings. The smallest absolute Gasteiger partial charge is 0.251 e. The van der Waals surface area contributed by atoms with Crippen LogP contribution in [0.4, 0.5) is 5.69 Å². The number of carbonyl (C=O) groups excluding carboxylic acids is 1. The molecular formula is C18H27N3O2. The lowest BCUT2D eigenvalue weighted by atomic mass is 10.1. The first-order valence-electron chi connectivity index (χ1n) is 8.76. The van der Waals surface area contributed by atoms with Crippen LogP contribution in [0.25, 0.3) is 0 Å². The van der Waals surface area contributed by atoms with Crippen LogP contribution >= 0.6 is 0 Å². The van der Waals surface area contributed by atoms with E-state index in [4.69, 9.17) is 4.74 Å². The minimum absolute atomic E-state index is 0.0277. The number of nitrogens with one attached hydrogen (secondary N) is 1. The van der Waals surface area contributed by atoms with Gasteiger partial charge < -0.3 is 19.9 Å². The molecule has 2 heterocycles. The van der Waals surface area contributed by atoms with Gasteiger partial charge in [-0.25, -0.2) is 0 Å². The predicted octanol–water partition coefficient (Wildman–Crippen LogP) is 1.74. The molecule has 0 spiro atoms. The lowest BCUT2D eigenvalue weighted by molar-refractivity contribution is 0.0952. The van der Waals surface area contributed by atoms with E-state index in [1.807, 2.05) is 24.3 Å². The molecule has 23 heavy (non-hydrogen) atoms. The largest absolute Gasteiger partial charge is 0.378 e. The topological polar surface area (TPSA) is 44.8 Å². The Morgan fingerprint density at radius 2 is 1.74 bits per heavy atom. The minimum Gasteiger partial charge on any atom is -0.378 e.